The Hall–Kier alpha value is -1.32. The first-order valence-corrected chi connectivity index (χ1v) is 6.42. The molecular weight excluding hydrogens is 228 g/mol. The summed E-state index contributed by atoms with van der Waals surface area (Å²) in [5.74, 6) is 1.20. The van der Waals surface area contributed by atoms with E-state index in [0.717, 1.165) is 17.9 Å². The van der Waals surface area contributed by atoms with Crippen LogP contribution < -0.4 is 0 Å². The van der Waals surface area contributed by atoms with Crippen LogP contribution in [0.5, 0.6) is 0 Å². The van der Waals surface area contributed by atoms with Crippen LogP contribution in [0.25, 0.3) is 0 Å². The van der Waals surface area contributed by atoms with Gasteiger partial charge in [0.15, 0.2) is 0 Å². The molecule has 0 spiro atoms. The van der Waals surface area contributed by atoms with Crippen LogP contribution in [0, 0.1) is 12.8 Å². The van der Waals surface area contributed by atoms with E-state index in [0.29, 0.717) is 5.92 Å². The lowest BCUT2D eigenvalue weighted by molar-refractivity contribution is -0.155. The predicted octanol–water partition coefficient (Wildman–Crippen LogP) is 2.73. The zero-order valence-corrected chi connectivity index (χ0v) is 12.3. The van der Waals surface area contributed by atoms with Crippen molar-refractivity contribution in [2.24, 2.45) is 5.92 Å². The van der Waals surface area contributed by atoms with Gasteiger partial charge in [-0.1, -0.05) is 13.8 Å². The first-order chi connectivity index (χ1) is 8.17. The lowest BCUT2D eigenvalue weighted by Crippen LogP contribution is -2.26. The van der Waals surface area contributed by atoms with Gasteiger partial charge in [-0.15, -0.1) is 0 Å². The monoisotopic (exact) mass is 252 g/mol. The van der Waals surface area contributed by atoms with Crippen molar-refractivity contribution in [2.45, 2.75) is 60.1 Å². The number of imidazole rings is 1. The van der Waals surface area contributed by atoms with Gasteiger partial charge in [-0.3, -0.25) is 4.79 Å². The lowest BCUT2D eigenvalue weighted by atomic mass is 10.1. The molecule has 0 aliphatic heterocycles. The van der Waals surface area contributed by atoms with Crippen LogP contribution in [0.15, 0.2) is 6.20 Å². The Morgan fingerprint density at radius 3 is 2.56 bits per heavy atom. The third kappa shape index (κ3) is 4.90. The molecule has 1 aromatic heterocycles. The van der Waals surface area contributed by atoms with Crippen molar-refractivity contribution in [2.75, 3.05) is 0 Å². The van der Waals surface area contributed by atoms with Crippen LogP contribution in [-0.2, 0) is 22.5 Å². The largest absolute Gasteiger partial charge is 0.459 e. The molecule has 0 bridgehead atoms. The quantitative estimate of drug-likeness (QED) is 0.774. The molecule has 0 saturated heterocycles. The second-order valence-electron chi connectivity index (χ2n) is 6.09. The minimum atomic E-state index is -0.438. The second-order valence-corrected chi connectivity index (χ2v) is 6.09. The van der Waals surface area contributed by atoms with Crippen LogP contribution in [-0.4, -0.2) is 21.1 Å². The Morgan fingerprint density at radius 2 is 2.06 bits per heavy atom. The topological polar surface area (TPSA) is 44.1 Å². The molecule has 0 aromatic carbocycles. The average molecular weight is 252 g/mol. The van der Waals surface area contributed by atoms with Gasteiger partial charge in [0.2, 0.25) is 0 Å². The molecule has 1 aromatic rings. The minimum Gasteiger partial charge on any atom is -0.459 e. The number of nitrogens with zero attached hydrogens (tertiary/aromatic N) is 2. The van der Waals surface area contributed by atoms with Crippen LogP contribution in [0.3, 0.4) is 0 Å². The highest BCUT2D eigenvalue weighted by Gasteiger charge is 2.17. The molecule has 0 radical (unpaired) electrons. The molecule has 18 heavy (non-hydrogen) atoms. The first kappa shape index (κ1) is 14.7. The highest BCUT2D eigenvalue weighted by molar-refractivity contribution is 5.69. The molecule has 4 heteroatoms. The van der Waals surface area contributed by atoms with E-state index in [9.17, 15) is 4.79 Å². The van der Waals surface area contributed by atoms with Crippen molar-refractivity contribution in [3.63, 3.8) is 0 Å². The zero-order chi connectivity index (χ0) is 13.9. The molecule has 0 N–H and O–H groups in total. The van der Waals surface area contributed by atoms with Crippen LogP contribution in [0.2, 0.25) is 0 Å². The summed E-state index contributed by atoms with van der Waals surface area (Å²) >= 11 is 0. The molecule has 1 rings (SSSR count). The van der Waals surface area contributed by atoms with E-state index in [-0.39, 0.29) is 12.5 Å². The third-order valence-corrected chi connectivity index (χ3v) is 2.36. The van der Waals surface area contributed by atoms with E-state index >= 15 is 0 Å². The highest BCUT2D eigenvalue weighted by Crippen LogP contribution is 2.11. The van der Waals surface area contributed by atoms with Gasteiger partial charge in [-0.05, 0) is 40.0 Å². The number of aromatic nitrogens is 2. The molecule has 102 valence electrons. The van der Waals surface area contributed by atoms with Crippen molar-refractivity contribution in [1.82, 2.24) is 9.55 Å². The maximum atomic E-state index is 11.7. The molecule has 0 amide bonds. The summed E-state index contributed by atoms with van der Waals surface area (Å²) in [6.45, 7) is 12.1. The summed E-state index contributed by atoms with van der Waals surface area (Å²) in [6.07, 6.45) is 2.88. The fourth-order valence-electron chi connectivity index (χ4n) is 1.76. The highest BCUT2D eigenvalue weighted by atomic mass is 16.6. The second kappa shape index (κ2) is 5.55. The Bertz CT molecular complexity index is 414. The maximum Gasteiger partial charge on any atom is 0.326 e. The summed E-state index contributed by atoms with van der Waals surface area (Å²) in [4.78, 5) is 16.2. The Balaban J connectivity index is 2.67. The molecule has 0 unspecified atom stereocenters. The van der Waals surface area contributed by atoms with E-state index in [2.05, 4.69) is 18.8 Å². The first-order valence-electron chi connectivity index (χ1n) is 6.42. The van der Waals surface area contributed by atoms with Crippen LogP contribution in [0.4, 0.5) is 0 Å². The van der Waals surface area contributed by atoms with Gasteiger partial charge in [0.25, 0.3) is 0 Å². The number of hydrogen-bond donors (Lipinski definition) is 0. The van der Waals surface area contributed by atoms with Gasteiger partial charge in [-0.2, -0.15) is 0 Å². The number of rotatable bonds is 4. The van der Waals surface area contributed by atoms with E-state index in [1.54, 1.807) is 0 Å². The van der Waals surface area contributed by atoms with E-state index in [1.165, 1.54) is 0 Å². The lowest BCUT2D eigenvalue weighted by Gasteiger charge is -2.19. The van der Waals surface area contributed by atoms with Gasteiger partial charge >= 0.3 is 5.97 Å². The molecule has 4 nitrogen and oxygen atoms in total. The fourth-order valence-corrected chi connectivity index (χ4v) is 1.76. The van der Waals surface area contributed by atoms with Crippen molar-refractivity contribution in [3.8, 4) is 0 Å². The Morgan fingerprint density at radius 1 is 1.44 bits per heavy atom. The van der Waals surface area contributed by atoms with Gasteiger partial charge in [0.05, 0.1) is 5.69 Å². The van der Waals surface area contributed by atoms with Crippen molar-refractivity contribution in [1.29, 1.82) is 0 Å². The average Bonchev–Trinajstić information content (AvgIpc) is 2.41. The Labute approximate surface area is 109 Å². The van der Waals surface area contributed by atoms with Crippen molar-refractivity contribution >= 4 is 5.97 Å². The maximum absolute atomic E-state index is 11.7. The van der Waals surface area contributed by atoms with Gasteiger partial charge in [0, 0.05) is 6.20 Å². The molecule has 0 aliphatic rings. The predicted molar refractivity (Wildman–Crippen MR) is 71.4 cm³/mol. The smallest absolute Gasteiger partial charge is 0.326 e. The van der Waals surface area contributed by atoms with Gasteiger partial charge in [-0.25, -0.2) is 4.98 Å². The van der Waals surface area contributed by atoms with Crippen LogP contribution in [0.1, 0.15) is 46.1 Å². The standard InChI is InChI=1S/C14H24N2O2/c1-10(2)7-12-8-16(11(3)15-12)9-13(17)18-14(4,5)6/h8,10H,7,9H2,1-6H3. The molecule has 0 atom stereocenters. The molecule has 1 heterocycles. The molecule has 0 aliphatic carbocycles. The van der Waals surface area contributed by atoms with Gasteiger partial charge < -0.3 is 9.30 Å². The summed E-state index contributed by atoms with van der Waals surface area (Å²) in [6, 6.07) is 0. The number of hydrogen-bond acceptors (Lipinski definition) is 3. The summed E-state index contributed by atoms with van der Waals surface area (Å²) in [7, 11) is 0. The SMILES string of the molecule is Cc1nc(CC(C)C)cn1CC(=O)OC(C)(C)C. The van der Waals surface area contributed by atoms with E-state index in [1.807, 2.05) is 38.5 Å². The van der Waals surface area contributed by atoms with E-state index in [4.69, 9.17) is 4.74 Å². The Kier molecular flexibility index (Phi) is 4.54. The summed E-state index contributed by atoms with van der Waals surface area (Å²) in [5.41, 5.74) is 0.595. The molecule has 0 fully saturated rings. The summed E-state index contributed by atoms with van der Waals surface area (Å²) < 4.78 is 7.15. The van der Waals surface area contributed by atoms with Crippen molar-refractivity contribution < 1.29 is 9.53 Å². The number of esters is 1. The van der Waals surface area contributed by atoms with Crippen molar-refractivity contribution in [3.05, 3.63) is 17.7 Å². The zero-order valence-electron chi connectivity index (χ0n) is 12.3. The number of carbonyl (C=O) groups excluding carboxylic acids is 1. The summed E-state index contributed by atoms with van der Waals surface area (Å²) in [5, 5.41) is 0. The molecular formula is C14H24N2O2. The van der Waals surface area contributed by atoms with Gasteiger partial charge in [0.1, 0.15) is 18.0 Å². The number of carbonyl (C=O) groups is 1. The van der Waals surface area contributed by atoms with Crippen LogP contribution >= 0.6 is 0 Å². The molecule has 0 saturated carbocycles. The minimum absolute atomic E-state index is 0.223. The fraction of sp³-hybridized carbons (Fsp3) is 0.714. The third-order valence-electron chi connectivity index (χ3n) is 2.36. The number of ether oxygens (including phenoxy) is 1. The normalized spacial score (nSPS) is 11.9. The van der Waals surface area contributed by atoms with E-state index < -0.39 is 5.60 Å². The number of aryl methyl sites for hydroxylation is 1.